The molecule has 1 heterocycles. The number of anilines is 1. The van der Waals surface area contributed by atoms with Crippen LogP contribution in [0.15, 0.2) is 48.8 Å². The van der Waals surface area contributed by atoms with Crippen molar-refractivity contribution in [1.82, 2.24) is 4.98 Å². The van der Waals surface area contributed by atoms with E-state index in [1.54, 1.807) is 36.7 Å². The van der Waals surface area contributed by atoms with Crippen LogP contribution in [-0.4, -0.2) is 10.9 Å². The molecule has 0 aliphatic heterocycles. The van der Waals surface area contributed by atoms with E-state index in [0.29, 0.717) is 0 Å². The highest BCUT2D eigenvalue weighted by Gasteiger charge is 2.42. The first-order valence-electron chi connectivity index (χ1n) is 7.18. The minimum atomic E-state index is -0.545. The van der Waals surface area contributed by atoms with Gasteiger partial charge in [0.15, 0.2) is 0 Å². The van der Waals surface area contributed by atoms with Gasteiger partial charge in [0.25, 0.3) is 0 Å². The summed E-state index contributed by atoms with van der Waals surface area (Å²) in [6.45, 7) is 0. The van der Waals surface area contributed by atoms with Crippen LogP contribution in [0.2, 0.25) is 0 Å². The maximum Gasteiger partial charge on any atom is 0.235 e. The Morgan fingerprint density at radius 1 is 1.05 bits per heavy atom. The largest absolute Gasteiger partial charge is 0.325 e. The minimum absolute atomic E-state index is 0.0159. The summed E-state index contributed by atoms with van der Waals surface area (Å²) in [6, 6.07) is 9.85. The molecule has 4 heteroatoms. The van der Waals surface area contributed by atoms with Crippen LogP contribution >= 0.6 is 0 Å². The lowest BCUT2D eigenvalue weighted by Gasteiger charge is -2.28. The van der Waals surface area contributed by atoms with Crippen molar-refractivity contribution in [3.63, 3.8) is 0 Å². The summed E-state index contributed by atoms with van der Waals surface area (Å²) in [7, 11) is 0. The molecule has 1 aromatic heterocycles. The van der Waals surface area contributed by atoms with Crippen LogP contribution in [-0.2, 0) is 10.2 Å². The van der Waals surface area contributed by atoms with Gasteiger partial charge in [0.2, 0.25) is 5.91 Å². The number of aromatic nitrogens is 1. The van der Waals surface area contributed by atoms with Crippen LogP contribution in [0, 0.1) is 5.82 Å². The maximum absolute atomic E-state index is 13.1. The summed E-state index contributed by atoms with van der Waals surface area (Å²) in [4.78, 5) is 16.7. The fraction of sp³-hybridized carbons (Fsp3) is 0.294. The first kappa shape index (κ1) is 13.7. The molecule has 0 radical (unpaired) electrons. The summed E-state index contributed by atoms with van der Waals surface area (Å²) in [5, 5.41) is 2.97. The molecule has 1 N–H and O–H groups in total. The third kappa shape index (κ3) is 2.66. The van der Waals surface area contributed by atoms with E-state index in [-0.39, 0.29) is 11.7 Å². The lowest BCUT2D eigenvalue weighted by Crippen LogP contribution is -2.38. The van der Waals surface area contributed by atoms with Crippen molar-refractivity contribution >= 4 is 11.6 Å². The van der Waals surface area contributed by atoms with E-state index in [0.717, 1.165) is 36.9 Å². The Balaban J connectivity index is 1.90. The van der Waals surface area contributed by atoms with Crippen LogP contribution in [0.25, 0.3) is 0 Å². The highest BCUT2D eigenvalue weighted by molar-refractivity contribution is 5.99. The predicted octanol–water partition coefficient (Wildman–Crippen LogP) is 3.67. The van der Waals surface area contributed by atoms with Gasteiger partial charge in [-0.15, -0.1) is 0 Å². The van der Waals surface area contributed by atoms with Crippen LogP contribution < -0.4 is 5.32 Å². The minimum Gasteiger partial charge on any atom is -0.325 e. The molecular formula is C17H17FN2O. The normalized spacial score (nSPS) is 16.6. The monoisotopic (exact) mass is 284 g/mol. The van der Waals surface area contributed by atoms with E-state index < -0.39 is 5.41 Å². The summed E-state index contributed by atoms with van der Waals surface area (Å²) in [6.07, 6.45) is 6.93. The Morgan fingerprint density at radius 3 is 2.29 bits per heavy atom. The number of hydrogen-bond donors (Lipinski definition) is 1. The maximum atomic E-state index is 13.1. The summed E-state index contributed by atoms with van der Waals surface area (Å²) < 4.78 is 13.1. The quantitative estimate of drug-likeness (QED) is 0.934. The first-order chi connectivity index (χ1) is 10.2. The number of benzene rings is 1. The van der Waals surface area contributed by atoms with Crippen LogP contribution in [0.5, 0.6) is 0 Å². The fourth-order valence-electron chi connectivity index (χ4n) is 3.08. The standard InChI is InChI=1S/C17H17FN2O/c18-14-5-3-13(4-6-14)17(9-1-2-10-17)16(21)20-15-7-11-19-12-8-15/h3-8,11-12H,1-2,9-10H2,(H,19,20,21). The van der Waals surface area contributed by atoms with Crippen molar-refractivity contribution in [2.24, 2.45) is 0 Å². The lowest BCUT2D eigenvalue weighted by atomic mass is 9.78. The van der Waals surface area contributed by atoms with Crippen molar-refractivity contribution in [3.8, 4) is 0 Å². The third-order valence-corrected chi connectivity index (χ3v) is 4.23. The summed E-state index contributed by atoms with van der Waals surface area (Å²) >= 11 is 0. The molecule has 1 aromatic carbocycles. The molecule has 1 aliphatic rings. The predicted molar refractivity (Wildman–Crippen MR) is 79.4 cm³/mol. The molecule has 0 atom stereocenters. The molecular weight excluding hydrogens is 267 g/mol. The van der Waals surface area contributed by atoms with Gasteiger partial charge in [-0.1, -0.05) is 25.0 Å². The van der Waals surface area contributed by atoms with Crippen molar-refractivity contribution in [1.29, 1.82) is 0 Å². The van der Waals surface area contributed by atoms with Crippen LogP contribution in [0.3, 0.4) is 0 Å². The van der Waals surface area contributed by atoms with Crippen molar-refractivity contribution < 1.29 is 9.18 Å². The van der Waals surface area contributed by atoms with Gasteiger partial charge < -0.3 is 5.32 Å². The number of amides is 1. The zero-order chi connectivity index (χ0) is 14.7. The van der Waals surface area contributed by atoms with Gasteiger partial charge in [-0.3, -0.25) is 9.78 Å². The topological polar surface area (TPSA) is 42.0 Å². The molecule has 1 amide bonds. The molecule has 0 unspecified atom stereocenters. The second kappa shape index (κ2) is 5.64. The van der Waals surface area contributed by atoms with E-state index >= 15 is 0 Å². The molecule has 0 saturated heterocycles. The van der Waals surface area contributed by atoms with E-state index in [9.17, 15) is 9.18 Å². The lowest BCUT2D eigenvalue weighted by molar-refractivity contribution is -0.121. The SMILES string of the molecule is O=C(Nc1ccncc1)C1(c2ccc(F)cc2)CCCC1. The van der Waals surface area contributed by atoms with Crippen molar-refractivity contribution in [2.45, 2.75) is 31.1 Å². The number of pyridine rings is 1. The summed E-state index contributed by atoms with van der Waals surface area (Å²) in [5.74, 6) is -0.292. The molecule has 3 nitrogen and oxygen atoms in total. The highest BCUT2D eigenvalue weighted by Crippen LogP contribution is 2.42. The van der Waals surface area contributed by atoms with Gasteiger partial charge in [0.05, 0.1) is 5.41 Å². The number of halogens is 1. The Bertz CT molecular complexity index is 619. The van der Waals surface area contributed by atoms with Gasteiger partial charge >= 0.3 is 0 Å². The van der Waals surface area contributed by atoms with Gasteiger partial charge in [-0.2, -0.15) is 0 Å². The van der Waals surface area contributed by atoms with E-state index in [1.165, 1.54) is 12.1 Å². The van der Waals surface area contributed by atoms with Crippen molar-refractivity contribution in [3.05, 3.63) is 60.2 Å². The molecule has 1 saturated carbocycles. The number of nitrogens with zero attached hydrogens (tertiary/aromatic N) is 1. The number of hydrogen-bond acceptors (Lipinski definition) is 2. The zero-order valence-corrected chi connectivity index (χ0v) is 11.7. The number of rotatable bonds is 3. The first-order valence-corrected chi connectivity index (χ1v) is 7.18. The Morgan fingerprint density at radius 2 is 1.67 bits per heavy atom. The fourth-order valence-corrected chi connectivity index (χ4v) is 3.08. The van der Waals surface area contributed by atoms with Crippen LogP contribution in [0.1, 0.15) is 31.2 Å². The highest BCUT2D eigenvalue weighted by atomic mass is 19.1. The van der Waals surface area contributed by atoms with E-state index in [1.807, 2.05) is 0 Å². The Labute approximate surface area is 123 Å². The molecule has 2 aromatic rings. The molecule has 3 rings (SSSR count). The van der Waals surface area contributed by atoms with Gasteiger partial charge in [0, 0.05) is 18.1 Å². The molecule has 0 spiro atoms. The Hall–Kier alpha value is -2.23. The smallest absolute Gasteiger partial charge is 0.235 e. The van der Waals surface area contributed by atoms with Gasteiger partial charge in [-0.05, 0) is 42.7 Å². The molecule has 1 fully saturated rings. The second-order valence-electron chi connectivity index (χ2n) is 5.49. The summed E-state index contributed by atoms with van der Waals surface area (Å²) in [5.41, 5.74) is 1.09. The van der Waals surface area contributed by atoms with E-state index in [2.05, 4.69) is 10.3 Å². The Kier molecular flexibility index (Phi) is 3.69. The number of carbonyl (C=O) groups excluding carboxylic acids is 1. The average Bonchev–Trinajstić information content (AvgIpc) is 3.00. The molecule has 108 valence electrons. The third-order valence-electron chi connectivity index (χ3n) is 4.23. The van der Waals surface area contributed by atoms with Gasteiger partial charge in [0.1, 0.15) is 5.82 Å². The molecule has 0 bridgehead atoms. The van der Waals surface area contributed by atoms with Crippen molar-refractivity contribution in [2.75, 3.05) is 5.32 Å². The number of nitrogens with one attached hydrogen (secondary N) is 1. The van der Waals surface area contributed by atoms with Gasteiger partial charge in [-0.25, -0.2) is 4.39 Å². The molecule has 21 heavy (non-hydrogen) atoms. The zero-order valence-electron chi connectivity index (χ0n) is 11.7. The number of carbonyl (C=O) groups is 1. The second-order valence-corrected chi connectivity index (χ2v) is 5.49. The molecule has 1 aliphatic carbocycles. The average molecular weight is 284 g/mol. The van der Waals surface area contributed by atoms with Crippen LogP contribution in [0.4, 0.5) is 10.1 Å². The van der Waals surface area contributed by atoms with E-state index in [4.69, 9.17) is 0 Å².